The predicted molar refractivity (Wildman–Crippen MR) is 135 cm³/mol. The first-order chi connectivity index (χ1) is 16.8. The van der Waals surface area contributed by atoms with Crippen LogP contribution in [-0.4, -0.2) is 36.7 Å². The summed E-state index contributed by atoms with van der Waals surface area (Å²) >= 11 is 7.07. The lowest BCUT2D eigenvalue weighted by molar-refractivity contribution is -0.120. The highest BCUT2D eigenvalue weighted by Crippen LogP contribution is 2.28. The molecule has 3 heterocycles. The highest BCUT2D eigenvalue weighted by Gasteiger charge is 2.32. The lowest BCUT2D eigenvalue weighted by atomic mass is 9.97. The third kappa shape index (κ3) is 4.87. The van der Waals surface area contributed by atoms with E-state index in [4.69, 9.17) is 16.0 Å². The molecule has 0 saturated carbocycles. The van der Waals surface area contributed by atoms with E-state index in [1.807, 2.05) is 12.1 Å². The second-order valence-electron chi connectivity index (χ2n) is 8.14. The van der Waals surface area contributed by atoms with Crippen molar-refractivity contribution in [1.82, 2.24) is 9.29 Å². The van der Waals surface area contributed by atoms with Crippen LogP contribution in [0.15, 0.2) is 74.1 Å². The Morgan fingerprint density at radius 3 is 2.57 bits per heavy atom. The maximum atomic E-state index is 12.9. The van der Waals surface area contributed by atoms with Crippen LogP contribution in [0.4, 0.5) is 5.13 Å². The number of hydrogen-bond acceptors (Lipinski definition) is 7. The zero-order valence-corrected chi connectivity index (χ0v) is 20.7. The van der Waals surface area contributed by atoms with Crippen molar-refractivity contribution in [3.63, 3.8) is 0 Å². The van der Waals surface area contributed by atoms with Crippen LogP contribution in [0.3, 0.4) is 0 Å². The number of amides is 1. The number of hydrogen-bond donors (Lipinski definition) is 1. The topological polar surface area (TPSA) is 110 Å². The van der Waals surface area contributed by atoms with Gasteiger partial charge < -0.3 is 9.73 Å². The molecule has 1 amide bonds. The Kier molecular flexibility index (Phi) is 6.45. The molecule has 4 aromatic rings. The summed E-state index contributed by atoms with van der Waals surface area (Å²) in [5.41, 5.74) is 0.741. The number of anilines is 1. The molecular weight excluding hydrogens is 510 g/mol. The van der Waals surface area contributed by atoms with E-state index in [1.54, 1.807) is 35.7 Å². The van der Waals surface area contributed by atoms with Crippen molar-refractivity contribution in [2.24, 2.45) is 5.92 Å². The molecule has 5 rings (SSSR count). The van der Waals surface area contributed by atoms with Crippen molar-refractivity contribution in [2.75, 3.05) is 18.4 Å². The maximum absolute atomic E-state index is 12.9. The van der Waals surface area contributed by atoms with Crippen LogP contribution in [0.2, 0.25) is 5.02 Å². The van der Waals surface area contributed by atoms with Gasteiger partial charge >= 0.3 is 5.63 Å². The Bertz CT molecular complexity index is 1560. The number of fused-ring (bicyclic) bond motifs is 1. The minimum atomic E-state index is -3.64. The number of para-hydroxylation sites is 1. The van der Waals surface area contributed by atoms with Gasteiger partial charge in [-0.05, 0) is 49.2 Å². The molecule has 1 aliphatic rings. The average Bonchev–Trinajstić information content (AvgIpc) is 3.32. The Balaban J connectivity index is 1.24. The molecular formula is C24H20ClN3O5S2. The van der Waals surface area contributed by atoms with Crippen LogP contribution >= 0.6 is 22.9 Å². The lowest BCUT2D eigenvalue weighted by Gasteiger charge is -2.30. The number of rotatable bonds is 5. The lowest BCUT2D eigenvalue weighted by Crippen LogP contribution is -2.41. The third-order valence-corrected chi connectivity index (χ3v) is 8.85. The molecule has 8 nitrogen and oxygen atoms in total. The summed E-state index contributed by atoms with van der Waals surface area (Å²) in [7, 11) is -3.64. The van der Waals surface area contributed by atoms with Gasteiger partial charge in [0.15, 0.2) is 5.13 Å². The Hall–Kier alpha value is -3.05. The first-order valence-electron chi connectivity index (χ1n) is 10.9. The highest BCUT2D eigenvalue weighted by molar-refractivity contribution is 7.89. The maximum Gasteiger partial charge on any atom is 0.345 e. The zero-order chi connectivity index (χ0) is 24.6. The summed E-state index contributed by atoms with van der Waals surface area (Å²) in [5, 5.41) is 6.11. The number of aromatic nitrogens is 1. The van der Waals surface area contributed by atoms with Gasteiger partial charge in [0.2, 0.25) is 15.9 Å². The van der Waals surface area contributed by atoms with Crippen molar-refractivity contribution >= 4 is 55.0 Å². The van der Waals surface area contributed by atoms with Crippen LogP contribution < -0.4 is 10.9 Å². The zero-order valence-electron chi connectivity index (χ0n) is 18.3. The van der Waals surface area contributed by atoms with Crippen molar-refractivity contribution in [1.29, 1.82) is 0 Å². The van der Waals surface area contributed by atoms with Crippen LogP contribution in [0.1, 0.15) is 12.8 Å². The Labute approximate surface area is 210 Å². The molecule has 35 heavy (non-hydrogen) atoms. The van der Waals surface area contributed by atoms with E-state index in [9.17, 15) is 18.0 Å². The normalized spacial score (nSPS) is 15.3. The first kappa shape index (κ1) is 23.7. The minimum absolute atomic E-state index is 0.179. The second-order valence-corrected chi connectivity index (χ2v) is 11.4. The molecule has 1 N–H and O–H groups in total. The molecule has 2 aromatic carbocycles. The second kappa shape index (κ2) is 9.54. The average molecular weight is 530 g/mol. The van der Waals surface area contributed by atoms with Crippen molar-refractivity contribution < 1.29 is 17.6 Å². The van der Waals surface area contributed by atoms with Crippen molar-refractivity contribution in [3.05, 3.63) is 75.4 Å². The van der Waals surface area contributed by atoms with Gasteiger partial charge in [0.1, 0.15) is 5.58 Å². The van der Waals surface area contributed by atoms with Gasteiger partial charge in [0.05, 0.1) is 16.2 Å². The quantitative estimate of drug-likeness (QED) is 0.378. The number of benzene rings is 2. The van der Waals surface area contributed by atoms with E-state index in [0.29, 0.717) is 39.8 Å². The molecule has 0 unspecified atom stereocenters. The van der Waals surface area contributed by atoms with E-state index in [1.165, 1.54) is 27.8 Å². The fourth-order valence-corrected chi connectivity index (χ4v) is 6.33. The van der Waals surface area contributed by atoms with E-state index in [-0.39, 0.29) is 29.8 Å². The fraction of sp³-hybridized carbons (Fsp3) is 0.208. The molecule has 0 aliphatic carbocycles. The van der Waals surface area contributed by atoms with Crippen molar-refractivity contribution in [2.45, 2.75) is 17.7 Å². The summed E-state index contributed by atoms with van der Waals surface area (Å²) in [4.78, 5) is 29.8. The third-order valence-electron chi connectivity index (χ3n) is 5.93. The number of nitrogens with one attached hydrogen (secondary N) is 1. The minimum Gasteiger partial charge on any atom is -0.422 e. The number of sulfonamides is 1. The number of nitrogens with zero attached hydrogens (tertiary/aromatic N) is 2. The van der Waals surface area contributed by atoms with E-state index < -0.39 is 15.6 Å². The van der Waals surface area contributed by atoms with Crippen LogP contribution in [0.25, 0.3) is 22.2 Å². The highest BCUT2D eigenvalue weighted by atomic mass is 35.5. The summed E-state index contributed by atoms with van der Waals surface area (Å²) in [6.07, 6.45) is 0.788. The molecule has 11 heteroatoms. The van der Waals surface area contributed by atoms with Gasteiger partial charge in [0.25, 0.3) is 0 Å². The summed E-state index contributed by atoms with van der Waals surface area (Å²) in [6, 6.07) is 15.0. The smallest absolute Gasteiger partial charge is 0.345 e. The van der Waals surface area contributed by atoms with E-state index in [2.05, 4.69) is 10.3 Å². The summed E-state index contributed by atoms with van der Waals surface area (Å²) in [5.74, 6) is -0.565. The fourth-order valence-electron chi connectivity index (χ4n) is 4.02. The summed E-state index contributed by atoms with van der Waals surface area (Å²) in [6.45, 7) is 0.481. The molecule has 1 aliphatic heterocycles. The van der Waals surface area contributed by atoms with E-state index >= 15 is 0 Å². The Morgan fingerprint density at radius 2 is 1.83 bits per heavy atom. The van der Waals surface area contributed by atoms with Gasteiger partial charge in [-0.3, -0.25) is 4.79 Å². The first-order valence-corrected chi connectivity index (χ1v) is 13.6. The number of thiazole rings is 1. The predicted octanol–water partition coefficient (Wildman–Crippen LogP) is 4.61. The van der Waals surface area contributed by atoms with Crippen molar-refractivity contribution in [3.8, 4) is 11.3 Å². The largest absolute Gasteiger partial charge is 0.422 e. The molecule has 0 spiro atoms. The van der Waals surface area contributed by atoms with Gasteiger partial charge in [-0.15, -0.1) is 11.3 Å². The number of carbonyl (C=O) groups excluding carboxylic acids is 1. The monoisotopic (exact) mass is 529 g/mol. The van der Waals surface area contributed by atoms with Crippen LogP contribution in [-0.2, 0) is 14.8 Å². The molecule has 180 valence electrons. The molecule has 0 bridgehead atoms. The SMILES string of the molecule is O=C(Nc1nc(-c2cc3ccccc3oc2=O)cs1)C1CCN(S(=O)(=O)c2ccc(Cl)cc2)CC1. The number of carbonyl (C=O) groups is 1. The molecule has 0 atom stereocenters. The standard InChI is InChI=1S/C24H20ClN3O5S2/c25-17-5-7-18(8-6-17)35(31,32)28-11-9-15(10-12-28)22(29)27-24-26-20(14-34-24)19-13-16-3-1-2-4-21(16)33-23(19)30/h1-8,13-15H,9-12H2,(H,26,27,29). The Morgan fingerprint density at radius 1 is 1.11 bits per heavy atom. The molecule has 1 saturated heterocycles. The van der Waals surface area contributed by atoms with Crippen LogP contribution in [0.5, 0.6) is 0 Å². The molecule has 2 aromatic heterocycles. The van der Waals surface area contributed by atoms with Gasteiger partial charge in [0, 0.05) is 34.8 Å². The molecule has 0 radical (unpaired) electrons. The van der Waals surface area contributed by atoms with Gasteiger partial charge in [-0.2, -0.15) is 4.31 Å². The van der Waals surface area contributed by atoms with Crippen LogP contribution in [0, 0.1) is 5.92 Å². The molecule has 1 fully saturated rings. The number of piperidine rings is 1. The van der Waals surface area contributed by atoms with E-state index in [0.717, 1.165) is 5.39 Å². The summed E-state index contributed by atoms with van der Waals surface area (Å²) < 4.78 is 32.5. The number of halogens is 1. The van der Waals surface area contributed by atoms with Gasteiger partial charge in [-0.25, -0.2) is 18.2 Å². The van der Waals surface area contributed by atoms with Gasteiger partial charge in [-0.1, -0.05) is 29.8 Å².